The molecule has 0 saturated carbocycles. The highest BCUT2D eigenvalue weighted by molar-refractivity contribution is 9.10. The van der Waals surface area contributed by atoms with E-state index in [-0.39, 0.29) is 25.7 Å². The van der Waals surface area contributed by atoms with Crippen molar-refractivity contribution in [2.24, 2.45) is 0 Å². The maximum absolute atomic E-state index is 13.0. The van der Waals surface area contributed by atoms with Crippen molar-refractivity contribution < 1.29 is 23.9 Å². The first-order valence-electron chi connectivity index (χ1n) is 9.76. The van der Waals surface area contributed by atoms with Crippen LogP contribution in [0.3, 0.4) is 0 Å². The predicted molar refractivity (Wildman–Crippen MR) is 116 cm³/mol. The number of imide groups is 1. The van der Waals surface area contributed by atoms with Crippen molar-refractivity contribution in [3.8, 4) is 11.5 Å². The molecule has 1 unspecified atom stereocenters. The van der Waals surface area contributed by atoms with E-state index >= 15 is 0 Å². The molecule has 8 nitrogen and oxygen atoms in total. The number of urea groups is 1. The Labute approximate surface area is 188 Å². The summed E-state index contributed by atoms with van der Waals surface area (Å²) in [5, 5.41) is 2.74. The van der Waals surface area contributed by atoms with Crippen molar-refractivity contribution in [1.29, 1.82) is 0 Å². The summed E-state index contributed by atoms with van der Waals surface area (Å²) >= 11 is 3.38. The molecular weight excluding hydrogens is 466 g/mol. The van der Waals surface area contributed by atoms with E-state index < -0.39 is 17.5 Å². The number of ether oxygens (including phenoxy) is 2. The molecule has 2 aliphatic rings. The van der Waals surface area contributed by atoms with Crippen LogP contribution in [0.1, 0.15) is 18.1 Å². The number of carbonyl (C=O) groups is 3. The van der Waals surface area contributed by atoms with Crippen LogP contribution in [0.25, 0.3) is 0 Å². The van der Waals surface area contributed by atoms with Gasteiger partial charge in [0.2, 0.25) is 12.7 Å². The Kier molecular flexibility index (Phi) is 5.62. The van der Waals surface area contributed by atoms with Gasteiger partial charge >= 0.3 is 6.03 Å². The normalized spacial score (nSPS) is 19.5. The van der Waals surface area contributed by atoms with Gasteiger partial charge < -0.3 is 19.7 Å². The molecule has 1 saturated heterocycles. The first kappa shape index (κ1) is 21.2. The van der Waals surface area contributed by atoms with Gasteiger partial charge in [0.05, 0.1) is 0 Å². The highest BCUT2D eigenvalue weighted by Crippen LogP contribution is 2.34. The second kappa shape index (κ2) is 8.22. The average molecular weight is 488 g/mol. The van der Waals surface area contributed by atoms with E-state index in [0.717, 1.165) is 20.5 Å². The van der Waals surface area contributed by atoms with E-state index in [9.17, 15) is 14.4 Å². The molecule has 0 aromatic heterocycles. The van der Waals surface area contributed by atoms with Crippen LogP contribution in [-0.4, -0.2) is 53.6 Å². The fraction of sp³-hybridized carbons (Fsp3) is 0.318. The number of carbonyl (C=O) groups excluding carboxylic acids is 3. The van der Waals surface area contributed by atoms with Gasteiger partial charge in [0.15, 0.2) is 11.5 Å². The topological polar surface area (TPSA) is 88.2 Å². The number of nitrogens with one attached hydrogen (secondary N) is 1. The summed E-state index contributed by atoms with van der Waals surface area (Å²) in [4.78, 5) is 40.7. The van der Waals surface area contributed by atoms with Crippen LogP contribution in [-0.2, 0) is 22.6 Å². The summed E-state index contributed by atoms with van der Waals surface area (Å²) in [5.74, 6) is 0.510. The van der Waals surface area contributed by atoms with Gasteiger partial charge in [0, 0.05) is 24.5 Å². The lowest BCUT2D eigenvalue weighted by Gasteiger charge is -2.23. The molecule has 0 aliphatic carbocycles. The predicted octanol–water partition coefficient (Wildman–Crippen LogP) is 2.69. The summed E-state index contributed by atoms with van der Waals surface area (Å²) in [6.07, 6.45) is 0.271. The van der Waals surface area contributed by atoms with Crippen molar-refractivity contribution in [3.63, 3.8) is 0 Å². The number of amides is 4. The number of nitrogens with zero attached hydrogens (tertiary/aromatic N) is 2. The standard InChI is InChI=1S/C22H22BrN3O5/c1-22(10-15-5-8-17-18(9-15)31-13-30-17)20(28)26(21(29)24-22)12-19(27)25(2)11-14-3-6-16(23)7-4-14/h3-9H,10-13H2,1-2H3,(H,24,29). The first-order valence-corrected chi connectivity index (χ1v) is 10.6. The molecule has 2 aliphatic heterocycles. The summed E-state index contributed by atoms with van der Waals surface area (Å²) in [6, 6.07) is 12.4. The van der Waals surface area contributed by atoms with Gasteiger partial charge in [0.1, 0.15) is 12.1 Å². The molecule has 31 heavy (non-hydrogen) atoms. The summed E-state index contributed by atoms with van der Waals surface area (Å²) in [6.45, 7) is 1.89. The zero-order valence-electron chi connectivity index (χ0n) is 17.2. The van der Waals surface area contributed by atoms with Gasteiger partial charge in [-0.2, -0.15) is 0 Å². The fourth-order valence-corrected chi connectivity index (χ4v) is 3.94. The van der Waals surface area contributed by atoms with Crippen LogP contribution in [0.5, 0.6) is 11.5 Å². The molecular formula is C22H22BrN3O5. The second-order valence-corrected chi connectivity index (χ2v) is 8.81. The van der Waals surface area contributed by atoms with Crippen molar-refractivity contribution in [1.82, 2.24) is 15.1 Å². The van der Waals surface area contributed by atoms with Crippen LogP contribution in [0.2, 0.25) is 0 Å². The minimum absolute atomic E-state index is 0.162. The first-order chi connectivity index (χ1) is 14.7. The van der Waals surface area contributed by atoms with E-state index in [2.05, 4.69) is 21.2 Å². The van der Waals surface area contributed by atoms with E-state index in [0.29, 0.717) is 18.0 Å². The molecule has 162 valence electrons. The zero-order chi connectivity index (χ0) is 22.2. The third kappa shape index (κ3) is 4.36. The van der Waals surface area contributed by atoms with Gasteiger partial charge in [0.25, 0.3) is 5.91 Å². The molecule has 0 bridgehead atoms. The number of benzene rings is 2. The molecule has 2 heterocycles. The number of hydrogen-bond acceptors (Lipinski definition) is 5. The maximum Gasteiger partial charge on any atom is 0.325 e. The molecule has 4 amide bonds. The van der Waals surface area contributed by atoms with Crippen LogP contribution in [0.15, 0.2) is 46.9 Å². The summed E-state index contributed by atoms with van der Waals surface area (Å²) < 4.78 is 11.6. The lowest BCUT2D eigenvalue weighted by atomic mass is 9.92. The number of halogens is 1. The van der Waals surface area contributed by atoms with E-state index in [1.54, 1.807) is 26.1 Å². The molecule has 9 heteroatoms. The Morgan fingerprint density at radius 3 is 2.55 bits per heavy atom. The Hall–Kier alpha value is -3.07. The lowest BCUT2D eigenvalue weighted by molar-refractivity contribution is -0.138. The van der Waals surface area contributed by atoms with Crippen molar-refractivity contribution in [3.05, 3.63) is 58.1 Å². The van der Waals surface area contributed by atoms with Crippen LogP contribution < -0.4 is 14.8 Å². The zero-order valence-corrected chi connectivity index (χ0v) is 18.8. The van der Waals surface area contributed by atoms with Crippen molar-refractivity contribution in [2.45, 2.75) is 25.4 Å². The highest BCUT2D eigenvalue weighted by atomic mass is 79.9. The van der Waals surface area contributed by atoms with Gasteiger partial charge in [-0.05, 0) is 42.3 Å². The minimum Gasteiger partial charge on any atom is -0.454 e. The molecule has 2 aromatic rings. The molecule has 1 atom stereocenters. The van der Waals surface area contributed by atoms with Gasteiger partial charge in [-0.25, -0.2) is 4.79 Å². The number of hydrogen-bond donors (Lipinski definition) is 1. The third-order valence-electron chi connectivity index (χ3n) is 5.39. The highest BCUT2D eigenvalue weighted by Gasteiger charge is 2.48. The van der Waals surface area contributed by atoms with Crippen molar-refractivity contribution in [2.75, 3.05) is 20.4 Å². The van der Waals surface area contributed by atoms with E-state index in [1.807, 2.05) is 30.3 Å². The molecule has 2 aromatic carbocycles. The Bertz CT molecular complexity index is 1040. The van der Waals surface area contributed by atoms with Crippen LogP contribution in [0.4, 0.5) is 4.79 Å². The Balaban J connectivity index is 1.41. The summed E-state index contributed by atoms with van der Waals surface area (Å²) in [7, 11) is 1.65. The molecule has 0 spiro atoms. The molecule has 0 radical (unpaired) electrons. The van der Waals surface area contributed by atoms with Gasteiger partial charge in [-0.3, -0.25) is 14.5 Å². The molecule has 1 fully saturated rings. The largest absolute Gasteiger partial charge is 0.454 e. The maximum atomic E-state index is 13.0. The number of rotatable bonds is 6. The molecule has 4 rings (SSSR count). The molecule has 1 N–H and O–H groups in total. The van der Waals surface area contributed by atoms with Crippen molar-refractivity contribution >= 4 is 33.8 Å². The van der Waals surface area contributed by atoms with Gasteiger partial charge in [-0.1, -0.05) is 34.1 Å². The number of likely N-dealkylation sites (N-methyl/N-ethyl adjacent to an activating group) is 1. The summed E-state index contributed by atoms with van der Waals surface area (Å²) in [5.41, 5.74) is 0.625. The average Bonchev–Trinajstić information content (AvgIpc) is 3.27. The van der Waals surface area contributed by atoms with Crippen LogP contribution >= 0.6 is 15.9 Å². The smallest absolute Gasteiger partial charge is 0.325 e. The minimum atomic E-state index is -1.14. The fourth-order valence-electron chi connectivity index (χ4n) is 3.68. The number of fused-ring (bicyclic) bond motifs is 1. The lowest BCUT2D eigenvalue weighted by Crippen LogP contribution is -2.47. The monoisotopic (exact) mass is 487 g/mol. The second-order valence-electron chi connectivity index (χ2n) is 7.89. The van der Waals surface area contributed by atoms with Crippen LogP contribution in [0, 0.1) is 0 Å². The van der Waals surface area contributed by atoms with Gasteiger partial charge in [-0.15, -0.1) is 0 Å². The van der Waals surface area contributed by atoms with E-state index in [1.165, 1.54) is 4.90 Å². The SMILES string of the molecule is CN(Cc1ccc(Br)cc1)C(=O)CN1C(=O)NC(C)(Cc2ccc3c(c2)OCO3)C1=O. The van der Waals surface area contributed by atoms with E-state index in [4.69, 9.17) is 9.47 Å². The third-order valence-corrected chi connectivity index (χ3v) is 5.92. The Morgan fingerprint density at radius 2 is 1.81 bits per heavy atom. The quantitative estimate of drug-likeness (QED) is 0.632. The Morgan fingerprint density at radius 1 is 1.13 bits per heavy atom.